The van der Waals surface area contributed by atoms with Crippen molar-refractivity contribution in [3.8, 4) is 0 Å². The van der Waals surface area contributed by atoms with Crippen LogP contribution in [0.3, 0.4) is 0 Å². The van der Waals surface area contributed by atoms with E-state index in [9.17, 15) is 26.7 Å². The molecule has 3 N–H and O–H groups in total. The number of nitrogens with two attached hydrogens (primary N) is 1. The molecule has 0 saturated carbocycles. The Hall–Kier alpha value is -3.34. The van der Waals surface area contributed by atoms with Gasteiger partial charge in [0.2, 0.25) is 0 Å². The summed E-state index contributed by atoms with van der Waals surface area (Å²) in [5.41, 5.74) is 4.59. The van der Waals surface area contributed by atoms with Crippen LogP contribution in [0.25, 0.3) is 10.9 Å². The van der Waals surface area contributed by atoms with E-state index < -0.39 is 35.7 Å². The molecule has 2 aromatic carbocycles. The van der Waals surface area contributed by atoms with Gasteiger partial charge >= 0.3 is 6.18 Å². The predicted molar refractivity (Wildman–Crippen MR) is 107 cm³/mol. The van der Waals surface area contributed by atoms with Crippen LogP contribution < -0.4 is 11.1 Å². The van der Waals surface area contributed by atoms with E-state index in [0.717, 1.165) is 12.1 Å². The minimum atomic E-state index is -4.87. The Balaban J connectivity index is 1.74. The van der Waals surface area contributed by atoms with Crippen LogP contribution in [-0.2, 0) is 6.18 Å². The second kappa shape index (κ2) is 8.30. The summed E-state index contributed by atoms with van der Waals surface area (Å²) in [5.74, 6) is -1.83. The van der Waals surface area contributed by atoms with Gasteiger partial charge in [0.1, 0.15) is 24.1 Å². The molecular formula is C21H18F5N5O. The number of benzene rings is 2. The van der Waals surface area contributed by atoms with E-state index >= 15 is 0 Å². The summed E-state index contributed by atoms with van der Waals surface area (Å²) in [6.07, 6.45) is -4.68. The van der Waals surface area contributed by atoms with Gasteiger partial charge in [0, 0.05) is 25.0 Å². The molecule has 2 heterocycles. The Kier molecular flexibility index (Phi) is 5.68. The number of likely N-dealkylation sites (tertiary alicyclic amines) is 1. The van der Waals surface area contributed by atoms with E-state index in [0.29, 0.717) is 5.39 Å². The summed E-state index contributed by atoms with van der Waals surface area (Å²) in [6, 6.07) is 6.66. The van der Waals surface area contributed by atoms with Gasteiger partial charge in [-0.05, 0) is 29.8 Å². The van der Waals surface area contributed by atoms with Crippen molar-refractivity contribution >= 4 is 22.6 Å². The lowest BCUT2D eigenvalue weighted by atomic mass is 10.0. The van der Waals surface area contributed by atoms with E-state index in [1.807, 2.05) is 0 Å². The number of aromatic nitrogens is 2. The van der Waals surface area contributed by atoms with Crippen LogP contribution in [0.15, 0.2) is 42.7 Å². The summed E-state index contributed by atoms with van der Waals surface area (Å²) in [4.78, 5) is 21.7. The molecule has 168 valence electrons. The molecule has 1 aromatic heterocycles. The van der Waals surface area contributed by atoms with Gasteiger partial charge in [-0.1, -0.05) is 12.1 Å². The molecule has 6 nitrogen and oxygen atoms in total. The van der Waals surface area contributed by atoms with E-state index in [4.69, 9.17) is 5.73 Å². The zero-order chi connectivity index (χ0) is 23.0. The highest BCUT2D eigenvalue weighted by molar-refractivity contribution is 6.06. The van der Waals surface area contributed by atoms with Crippen molar-refractivity contribution in [2.24, 2.45) is 5.73 Å². The van der Waals surface area contributed by atoms with Crippen LogP contribution in [0.2, 0.25) is 0 Å². The zero-order valence-corrected chi connectivity index (χ0v) is 16.5. The third-order valence-electron chi connectivity index (χ3n) is 5.29. The van der Waals surface area contributed by atoms with Crippen LogP contribution >= 0.6 is 0 Å². The third-order valence-corrected chi connectivity index (χ3v) is 5.29. The fraction of sp³-hybridized carbons (Fsp3) is 0.286. The molecule has 32 heavy (non-hydrogen) atoms. The van der Waals surface area contributed by atoms with Crippen molar-refractivity contribution < 1.29 is 26.7 Å². The third kappa shape index (κ3) is 4.33. The Morgan fingerprint density at radius 1 is 1.22 bits per heavy atom. The van der Waals surface area contributed by atoms with Gasteiger partial charge in [-0.25, -0.2) is 18.7 Å². The second-order valence-electron chi connectivity index (χ2n) is 7.54. The molecule has 0 bridgehead atoms. The quantitative estimate of drug-likeness (QED) is 0.559. The van der Waals surface area contributed by atoms with Gasteiger partial charge < -0.3 is 11.1 Å². The molecule has 1 unspecified atom stereocenters. The van der Waals surface area contributed by atoms with Crippen LogP contribution in [-0.4, -0.2) is 46.6 Å². The SMILES string of the molecule is NC(=O)c1cccc2c(NC(CN3CC(F)C3)c3ccc(F)c(C(F)(F)F)c3)ncnc12. The van der Waals surface area contributed by atoms with Gasteiger partial charge in [0.15, 0.2) is 0 Å². The van der Waals surface area contributed by atoms with Gasteiger partial charge in [-0.3, -0.25) is 9.69 Å². The Bertz CT molecular complexity index is 1160. The summed E-state index contributed by atoms with van der Waals surface area (Å²) < 4.78 is 66.9. The topological polar surface area (TPSA) is 84.1 Å². The fourth-order valence-electron chi connectivity index (χ4n) is 3.69. The molecule has 11 heteroatoms. The summed E-state index contributed by atoms with van der Waals surface area (Å²) in [6.45, 7) is 0.439. The largest absolute Gasteiger partial charge is 0.419 e. The predicted octanol–water partition coefficient (Wildman–Crippen LogP) is 3.69. The number of rotatable bonds is 6. The lowest BCUT2D eigenvalue weighted by Crippen LogP contribution is -2.50. The number of para-hydroxylation sites is 1. The maximum atomic E-state index is 13.8. The van der Waals surface area contributed by atoms with Crippen LogP contribution in [0.5, 0.6) is 0 Å². The average Bonchev–Trinajstić information content (AvgIpc) is 2.71. The number of nitrogens with one attached hydrogen (secondary N) is 1. The lowest BCUT2D eigenvalue weighted by molar-refractivity contribution is -0.140. The fourth-order valence-corrected chi connectivity index (χ4v) is 3.69. The van der Waals surface area contributed by atoms with Crippen LogP contribution in [0.1, 0.15) is 27.5 Å². The smallest absolute Gasteiger partial charge is 0.366 e. The lowest BCUT2D eigenvalue weighted by Gasteiger charge is -2.37. The molecule has 1 aliphatic heterocycles. The minimum absolute atomic E-state index is 0.141. The number of hydrogen-bond acceptors (Lipinski definition) is 5. The number of amides is 1. The zero-order valence-electron chi connectivity index (χ0n) is 16.5. The number of hydrogen-bond donors (Lipinski definition) is 2. The molecular weight excluding hydrogens is 433 g/mol. The molecule has 1 aliphatic rings. The number of anilines is 1. The monoisotopic (exact) mass is 451 g/mol. The average molecular weight is 451 g/mol. The summed E-state index contributed by atoms with van der Waals surface area (Å²) in [5, 5.41) is 3.49. The molecule has 1 atom stereocenters. The number of halogens is 5. The van der Waals surface area contributed by atoms with E-state index in [-0.39, 0.29) is 42.1 Å². The molecule has 4 rings (SSSR count). The number of alkyl halides is 4. The first-order valence-electron chi connectivity index (χ1n) is 9.66. The summed E-state index contributed by atoms with van der Waals surface area (Å²) in [7, 11) is 0. The molecule has 3 aromatic rings. The maximum Gasteiger partial charge on any atom is 0.419 e. The second-order valence-corrected chi connectivity index (χ2v) is 7.54. The van der Waals surface area contributed by atoms with Gasteiger partial charge in [0.05, 0.1) is 22.7 Å². The van der Waals surface area contributed by atoms with Gasteiger partial charge in [0.25, 0.3) is 5.91 Å². The number of carbonyl (C=O) groups is 1. The first-order valence-corrected chi connectivity index (χ1v) is 9.66. The standard InChI is InChI=1S/C21H18F5N5O/c22-12-7-31(8-12)9-17(11-4-5-16(23)15(6-11)21(24,25)26)30-20-14-3-1-2-13(19(27)32)18(14)28-10-29-20/h1-6,10,12,17H,7-9H2,(H2,27,32)(H,28,29,30). The molecule has 0 aliphatic carbocycles. The number of nitrogens with zero attached hydrogens (tertiary/aromatic N) is 3. The highest BCUT2D eigenvalue weighted by Gasteiger charge is 2.35. The number of fused-ring (bicyclic) bond motifs is 1. The molecule has 1 amide bonds. The minimum Gasteiger partial charge on any atom is -0.366 e. The Morgan fingerprint density at radius 3 is 2.62 bits per heavy atom. The molecule has 0 spiro atoms. The first kappa shape index (κ1) is 21.9. The van der Waals surface area contributed by atoms with Crippen molar-refractivity contribution in [1.82, 2.24) is 14.9 Å². The Labute approximate surface area is 179 Å². The van der Waals surface area contributed by atoms with Crippen molar-refractivity contribution in [2.45, 2.75) is 18.4 Å². The van der Waals surface area contributed by atoms with Crippen molar-refractivity contribution in [3.05, 3.63) is 65.2 Å². The summed E-state index contributed by atoms with van der Waals surface area (Å²) >= 11 is 0. The van der Waals surface area contributed by atoms with Crippen LogP contribution in [0, 0.1) is 5.82 Å². The first-order chi connectivity index (χ1) is 15.1. The van der Waals surface area contributed by atoms with Gasteiger partial charge in [-0.15, -0.1) is 0 Å². The van der Waals surface area contributed by atoms with Crippen molar-refractivity contribution in [2.75, 3.05) is 25.0 Å². The van der Waals surface area contributed by atoms with Gasteiger partial charge in [-0.2, -0.15) is 13.2 Å². The normalized spacial score (nSPS) is 16.0. The maximum absolute atomic E-state index is 13.8. The van der Waals surface area contributed by atoms with Crippen LogP contribution in [0.4, 0.5) is 27.8 Å². The number of primary amides is 1. The molecule has 1 fully saturated rings. The highest BCUT2D eigenvalue weighted by Crippen LogP contribution is 2.34. The Morgan fingerprint density at radius 2 is 1.97 bits per heavy atom. The molecule has 1 saturated heterocycles. The van der Waals surface area contributed by atoms with Crippen molar-refractivity contribution in [1.29, 1.82) is 0 Å². The van der Waals surface area contributed by atoms with Crippen molar-refractivity contribution in [3.63, 3.8) is 0 Å². The molecule has 0 radical (unpaired) electrons. The van der Waals surface area contributed by atoms with E-state index in [1.54, 1.807) is 17.0 Å². The van der Waals surface area contributed by atoms with E-state index in [1.165, 1.54) is 18.5 Å². The number of carbonyl (C=O) groups excluding carboxylic acids is 1. The highest BCUT2D eigenvalue weighted by atomic mass is 19.4. The van der Waals surface area contributed by atoms with E-state index in [2.05, 4.69) is 15.3 Å².